The van der Waals surface area contributed by atoms with Crippen molar-refractivity contribution in [2.75, 3.05) is 13.2 Å². The largest absolute Gasteiger partial charge is 0.573 e. The van der Waals surface area contributed by atoms with Crippen LogP contribution in [0.1, 0.15) is 58.3 Å². The average Bonchev–Trinajstić information content (AvgIpc) is 2.89. The SMILES string of the molecule is CC1CCC(/C=C/C2CCC(C(=O)OC3COC(C(F)(F)Oc4ccc(OC(F)(F)F)cc4)OC3)CC2)CC1. The second-order valence-corrected chi connectivity index (χ2v) is 10.8. The zero-order valence-corrected chi connectivity index (χ0v) is 21.8. The number of ether oxygens (including phenoxy) is 5. The predicted molar refractivity (Wildman–Crippen MR) is 130 cm³/mol. The molecule has 1 aromatic carbocycles. The number of hydrogen-bond donors (Lipinski definition) is 0. The summed E-state index contributed by atoms with van der Waals surface area (Å²) in [5.41, 5.74) is 0. The Morgan fingerprint density at radius 3 is 1.79 bits per heavy atom. The molecule has 39 heavy (non-hydrogen) atoms. The molecule has 0 aromatic heterocycles. The van der Waals surface area contributed by atoms with E-state index in [2.05, 4.69) is 28.5 Å². The number of benzene rings is 1. The van der Waals surface area contributed by atoms with E-state index in [1.807, 2.05) is 0 Å². The molecule has 6 nitrogen and oxygen atoms in total. The summed E-state index contributed by atoms with van der Waals surface area (Å²) in [5, 5.41) is 0. The zero-order valence-electron chi connectivity index (χ0n) is 21.8. The topological polar surface area (TPSA) is 63.2 Å². The molecule has 0 unspecified atom stereocenters. The minimum absolute atomic E-state index is 0.239. The molecule has 218 valence electrons. The van der Waals surface area contributed by atoms with E-state index in [4.69, 9.17) is 14.2 Å². The number of carbonyl (C=O) groups excluding carboxylic acids is 1. The van der Waals surface area contributed by atoms with Crippen LogP contribution in [0, 0.1) is 23.7 Å². The van der Waals surface area contributed by atoms with Gasteiger partial charge in [0.05, 0.1) is 19.1 Å². The highest BCUT2D eigenvalue weighted by Crippen LogP contribution is 2.35. The lowest BCUT2D eigenvalue weighted by atomic mass is 9.79. The van der Waals surface area contributed by atoms with Gasteiger partial charge >= 0.3 is 18.4 Å². The quantitative estimate of drug-likeness (QED) is 0.193. The number of hydrogen-bond acceptors (Lipinski definition) is 6. The van der Waals surface area contributed by atoms with E-state index in [1.54, 1.807) is 0 Å². The Labute approximate surface area is 224 Å². The van der Waals surface area contributed by atoms with E-state index in [1.165, 1.54) is 25.7 Å². The predicted octanol–water partition coefficient (Wildman–Crippen LogP) is 7.03. The van der Waals surface area contributed by atoms with E-state index in [-0.39, 0.29) is 25.1 Å². The fourth-order valence-electron chi connectivity index (χ4n) is 5.26. The first kappa shape index (κ1) is 29.6. The van der Waals surface area contributed by atoms with Gasteiger partial charge in [0.2, 0.25) is 0 Å². The summed E-state index contributed by atoms with van der Waals surface area (Å²) in [5.74, 6) is 0.348. The Kier molecular flexibility index (Phi) is 9.74. The number of esters is 1. The molecule has 1 aromatic rings. The minimum atomic E-state index is -4.90. The van der Waals surface area contributed by atoms with Crippen LogP contribution in [0.25, 0.3) is 0 Å². The average molecular weight is 563 g/mol. The van der Waals surface area contributed by atoms with Gasteiger partial charge in [-0.25, -0.2) is 0 Å². The molecular formula is C28H35F5O6. The lowest BCUT2D eigenvalue weighted by molar-refractivity contribution is -0.355. The van der Waals surface area contributed by atoms with Gasteiger partial charge in [-0.2, -0.15) is 8.78 Å². The Morgan fingerprint density at radius 2 is 1.28 bits per heavy atom. The van der Waals surface area contributed by atoms with E-state index < -0.39 is 36.4 Å². The summed E-state index contributed by atoms with van der Waals surface area (Å²) in [7, 11) is 0. The maximum Gasteiger partial charge on any atom is 0.573 e. The van der Waals surface area contributed by atoms with Crippen molar-refractivity contribution >= 4 is 5.97 Å². The van der Waals surface area contributed by atoms with E-state index >= 15 is 0 Å². The van der Waals surface area contributed by atoms with Gasteiger partial charge in [-0.05, 0) is 80.5 Å². The number of carbonyl (C=O) groups is 1. The molecule has 11 heteroatoms. The number of allylic oxidation sites excluding steroid dienone is 2. The van der Waals surface area contributed by atoms with Crippen LogP contribution < -0.4 is 9.47 Å². The first-order valence-electron chi connectivity index (χ1n) is 13.5. The second-order valence-electron chi connectivity index (χ2n) is 10.8. The number of rotatable bonds is 8. The summed E-state index contributed by atoms with van der Waals surface area (Å²) in [6, 6.07) is 3.50. The summed E-state index contributed by atoms with van der Waals surface area (Å²) in [6.07, 6.45) is 1.24. The molecule has 2 aliphatic carbocycles. The van der Waals surface area contributed by atoms with Gasteiger partial charge in [0.1, 0.15) is 17.6 Å². The van der Waals surface area contributed by atoms with Crippen molar-refractivity contribution in [3.8, 4) is 11.5 Å². The molecule has 1 heterocycles. The second kappa shape index (κ2) is 12.8. The zero-order chi connectivity index (χ0) is 28.0. The van der Waals surface area contributed by atoms with Crippen LogP contribution >= 0.6 is 0 Å². The molecule has 3 aliphatic rings. The van der Waals surface area contributed by atoms with Gasteiger partial charge in [0.15, 0.2) is 0 Å². The minimum Gasteiger partial charge on any atom is -0.457 e. The van der Waals surface area contributed by atoms with Crippen LogP contribution in [0.3, 0.4) is 0 Å². The first-order chi connectivity index (χ1) is 18.5. The van der Waals surface area contributed by atoms with Crippen LogP contribution in [-0.4, -0.2) is 44.0 Å². The summed E-state index contributed by atoms with van der Waals surface area (Å²) >= 11 is 0. The fraction of sp³-hybridized carbons (Fsp3) is 0.679. The highest BCUT2D eigenvalue weighted by atomic mass is 19.4. The van der Waals surface area contributed by atoms with Crippen molar-refractivity contribution in [3.63, 3.8) is 0 Å². The molecule has 0 amide bonds. The molecule has 0 atom stereocenters. The van der Waals surface area contributed by atoms with Gasteiger partial charge in [0.25, 0.3) is 6.29 Å². The Bertz CT molecular complexity index is 942. The van der Waals surface area contributed by atoms with Crippen LogP contribution in [0.2, 0.25) is 0 Å². The van der Waals surface area contributed by atoms with Crippen LogP contribution in [0.4, 0.5) is 22.0 Å². The molecule has 4 rings (SSSR count). The normalized spacial score (nSPS) is 30.6. The van der Waals surface area contributed by atoms with Crippen molar-refractivity contribution in [1.29, 1.82) is 0 Å². The molecule has 0 N–H and O–H groups in total. The molecule has 1 saturated heterocycles. The van der Waals surface area contributed by atoms with Crippen molar-refractivity contribution in [2.45, 2.75) is 83.2 Å². The smallest absolute Gasteiger partial charge is 0.457 e. The summed E-state index contributed by atoms with van der Waals surface area (Å²) in [4.78, 5) is 12.6. The molecular weight excluding hydrogens is 527 g/mol. The van der Waals surface area contributed by atoms with Gasteiger partial charge in [-0.3, -0.25) is 4.79 Å². The molecule has 0 spiro atoms. The molecule has 1 aliphatic heterocycles. The molecule has 0 radical (unpaired) electrons. The van der Waals surface area contributed by atoms with Crippen LogP contribution in [0.15, 0.2) is 36.4 Å². The first-order valence-corrected chi connectivity index (χ1v) is 13.5. The van der Waals surface area contributed by atoms with Crippen molar-refractivity contribution < 1.29 is 50.4 Å². The monoisotopic (exact) mass is 562 g/mol. The highest BCUT2D eigenvalue weighted by molar-refractivity contribution is 5.72. The van der Waals surface area contributed by atoms with Gasteiger partial charge in [-0.1, -0.05) is 31.9 Å². The molecule has 3 fully saturated rings. The van der Waals surface area contributed by atoms with E-state index in [0.717, 1.165) is 43.0 Å². The van der Waals surface area contributed by atoms with E-state index in [9.17, 15) is 26.7 Å². The summed E-state index contributed by atoms with van der Waals surface area (Å²) < 4.78 is 89.6. The van der Waals surface area contributed by atoms with Gasteiger partial charge in [-0.15, -0.1) is 13.2 Å². The number of halogens is 5. The molecule has 0 bridgehead atoms. The Morgan fingerprint density at radius 1 is 0.795 bits per heavy atom. The fourth-order valence-corrected chi connectivity index (χ4v) is 5.26. The molecule has 2 saturated carbocycles. The maximum atomic E-state index is 14.5. The van der Waals surface area contributed by atoms with Crippen LogP contribution in [0.5, 0.6) is 11.5 Å². The lowest BCUT2D eigenvalue weighted by Gasteiger charge is -2.34. The highest BCUT2D eigenvalue weighted by Gasteiger charge is 2.48. The Balaban J connectivity index is 1.16. The number of alkyl halides is 5. The lowest BCUT2D eigenvalue weighted by Crippen LogP contribution is -2.50. The van der Waals surface area contributed by atoms with E-state index in [0.29, 0.717) is 24.7 Å². The van der Waals surface area contributed by atoms with Crippen molar-refractivity contribution in [1.82, 2.24) is 0 Å². The maximum absolute atomic E-state index is 14.5. The third-order valence-electron chi connectivity index (χ3n) is 7.56. The third kappa shape index (κ3) is 9.06. The van der Waals surface area contributed by atoms with Crippen molar-refractivity contribution in [3.05, 3.63) is 36.4 Å². The Hall–Kier alpha value is -2.40. The van der Waals surface area contributed by atoms with Gasteiger partial charge in [0, 0.05) is 0 Å². The van der Waals surface area contributed by atoms with Crippen LogP contribution in [-0.2, 0) is 19.0 Å². The van der Waals surface area contributed by atoms with Gasteiger partial charge < -0.3 is 23.7 Å². The standard InChI is InChI=1S/C28H35F5O6/c1-18-2-4-19(5-3-18)6-7-20-8-10-21(11-9-20)25(34)37-24-16-35-26(36-17-24)27(29,30)38-22-12-14-23(15-13-22)39-28(31,32)33/h6-7,12-15,18-21,24,26H,2-5,8-11,16-17H2,1H3/b7-6+. The van der Waals surface area contributed by atoms with Crippen molar-refractivity contribution in [2.24, 2.45) is 23.7 Å². The summed E-state index contributed by atoms with van der Waals surface area (Å²) in [6.45, 7) is 1.71. The third-order valence-corrected chi connectivity index (χ3v) is 7.56.